The van der Waals surface area contributed by atoms with E-state index in [-0.39, 0.29) is 0 Å². The normalized spacial score (nSPS) is 13.9. The fourth-order valence-electron chi connectivity index (χ4n) is 1.33. The molecule has 0 aliphatic carbocycles. The second-order valence-electron chi connectivity index (χ2n) is 3.01. The molecule has 0 fully saturated rings. The first-order valence-electron chi connectivity index (χ1n) is 4.20. The first kappa shape index (κ1) is 12.0. The minimum Gasteiger partial charge on any atom is -0.194 e. The number of halogens is 2. The summed E-state index contributed by atoms with van der Waals surface area (Å²) in [4.78, 5) is 0.857. The summed E-state index contributed by atoms with van der Waals surface area (Å²) < 4.78 is 36.0. The zero-order chi connectivity index (χ0) is 11.8. The van der Waals surface area contributed by atoms with Crippen molar-refractivity contribution in [3.63, 3.8) is 0 Å². The fraction of sp³-hybridized carbons (Fsp3) is 0.111. The van der Waals surface area contributed by atoms with Gasteiger partial charge < -0.3 is 0 Å². The largest absolute Gasteiger partial charge is 0.315 e. The molecule has 0 N–H and O–H groups in total. The maximum absolute atomic E-state index is 13.3. The lowest BCUT2D eigenvalue weighted by atomic mass is 10.3. The molecule has 16 heavy (non-hydrogen) atoms. The molecule has 0 aromatic carbocycles. The summed E-state index contributed by atoms with van der Waals surface area (Å²) in [7, 11) is -4.67. The maximum Gasteiger partial charge on any atom is 0.315 e. The Hall–Kier alpha value is -0.430. The standard InChI is InChI=1S/C9H6ClFO2S3/c10-8-4-3-7(15-8)9(16(11,12)13)6-2-1-5-14-6/h1-5,9H. The zero-order valence-corrected chi connectivity index (χ0v) is 11.0. The van der Waals surface area contributed by atoms with Gasteiger partial charge in [-0.15, -0.1) is 26.6 Å². The Kier molecular flexibility index (Phi) is 3.34. The Morgan fingerprint density at radius 1 is 1.25 bits per heavy atom. The van der Waals surface area contributed by atoms with Gasteiger partial charge in [-0.3, -0.25) is 0 Å². The fourth-order valence-corrected chi connectivity index (χ4v) is 4.90. The molecule has 0 radical (unpaired) electrons. The highest BCUT2D eigenvalue weighted by molar-refractivity contribution is 7.87. The van der Waals surface area contributed by atoms with Gasteiger partial charge in [-0.2, -0.15) is 8.42 Å². The van der Waals surface area contributed by atoms with E-state index in [1.54, 1.807) is 23.6 Å². The first-order chi connectivity index (χ1) is 7.48. The molecular formula is C9H6ClFO2S3. The lowest BCUT2D eigenvalue weighted by molar-refractivity contribution is 0.545. The molecule has 0 spiro atoms. The molecule has 0 saturated heterocycles. The van der Waals surface area contributed by atoms with Crippen molar-refractivity contribution >= 4 is 44.5 Å². The molecule has 2 aromatic rings. The minimum absolute atomic E-state index is 0.398. The predicted octanol–water partition coefficient (Wildman–Crippen LogP) is 3.85. The van der Waals surface area contributed by atoms with Crippen LogP contribution in [-0.2, 0) is 10.2 Å². The number of hydrogen-bond acceptors (Lipinski definition) is 4. The van der Waals surface area contributed by atoms with Gasteiger partial charge in [0.25, 0.3) is 0 Å². The van der Waals surface area contributed by atoms with Crippen LogP contribution in [0.3, 0.4) is 0 Å². The van der Waals surface area contributed by atoms with Crippen molar-refractivity contribution in [3.8, 4) is 0 Å². The summed E-state index contributed by atoms with van der Waals surface area (Å²) in [5.74, 6) is 0. The molecule has 2 nitrogen and oxygen atoms in total. The van der Waals surface area contributed by atoms with Crippen LogP contribution in [0.1, 0.15) is 15.0 Å². The number of rotatable bonds is 3. The topological polar surface area (TPSA) is 34.1 Å². The van der Waals surface area contributed by atoms with Crippen molar-refractivity contribution in [2.24, 2.45) is 0 Å². The van der Waals surface area contributed by atoms with E-state index < -0.39 is 15.5 Å². The van der Waals surface area contributed by atoms with E-state index in [4.69, 9.17) is 11.6 Å². The van der Waals surface area contributed by atoms with Gasteiger partial charge in [-0.1, -0.05) is 17.7 Å². The van der Waals surface area contributed by atoms with Gasteiger partial charge >= 0.3 is 10.2 Å². The summed E-state index contributed by atoms with van der Waals surface area (Å²) in [6, 6.07) is 6.38. The first-order valence-corrected chi connectivity index (χ1v) is 7.72. The third-order valence-electron chi connectivity index (χ3n) is 1.94. The second kappa shape index (κ2) is 4.44. The van der Waals surface area contributed by atoms with Crippen molar-refractivity contribution in [2.75, 3.05) is 0 Å². The third-order valence-corrected chi connectivity index (χ3v) is 5.54. The molecule has 2 rings (SSSR count). The van der Waals surface area contributed by atoms with Crippen molar-refractivity contribution in [1.29, 1.82) is 0 Å². The summed E-state index contributed by atoms with van der Waals surface area (Å²) in [6.07, 6.45) is 0. The van der Waals surface area contributed by atoms with Gasteiger partial charge in [0.1, 0.15) is 0 Å². The SMILES string of the molecule is O=S(=O)(F)C(c1cccs1)c1ccc(Cl)s1. The van der Waals surface area contributed by atoms with Gasteiger partial charge in [0.15, 0.2) is 5.25 Å². The Balaban J connectivity index is 2.53. The summed E-state index contributed by atoms with van der Waals surface area (Å²) in [5, 5.41) is 0.466. The van der Waals surface area contributed by atoms with E-state index >= 15 is 0 Å². The van der Waals surface area contributed by atoms with Crippen LogP contribution in [0, 0.1) is 0 Å². The van der Waals surface area contributed by atoms with Crippen LogP contribution in [0.5, 0.6) is 0 Å². The molecule has 1 unspecified atom stereocenters. The second-order valence-corrected chi connectivity index (χ2v) is 7.16. The highest BCUT2D eigenvalue weighted by atomic mass is 35.5. The van der Waals surface area contributed by atoms with Crippen LogP contribution in [0.15, 0.2) is 29.6 Å². The van der Waals surface area contributed by atoms with Gasteiger partial charge in [-0.05, 0) is 23.6 Å². The third kappa shape index (κ3) is 2.45. The van der Waals surface area contributed by atoms with Crippen LogP contribution < -0.4 is 0 Å². The average Bonchev–Trinajstić information content (AvgIpc) is 2.76. The van der Waals surface area contributed by atoms with E-state index in [0.29, 0.717) is 14.1 Å². The number of hydrogen-bond donors (Lipinski definition) is 0. The Bertz CT molecular complexity index is 574. The molecule has 86 valence electrons. The summed E-state index contributed by atoms with van der Waals surface area (Å²) >= 11 is 8.00. The molecule has 2 heterocycles. The van der Waals surface area contributed by atoms with Crippen molar-refractivity contribution < 1.29 is 12.3 Å². The Labute approximate surface area is 106 Å². The van der Waals surface area contributed by atoms with Crippen LogP contribution in [0.2, 0.25) is 4.34 Å². The predicted molar refractivity (Wildman–Crippen MR) is 65.5 cm³/mol. The van der Waals surface area contributed by atoms with Gasteiger partial charge in [-0.25, -0.2) is 0 Å². The molecule has 2 aromatic heterocycles. The molecule has 0 saturated carbocycles. The van der Waals surface area contributed by atoms with E-state index in [2.05, 4.69) is 0 Å². The summed E-state index contributed by atoms with van der Waals surface area (Å²) in [6.45, 7) is 0. The Morgan fingerprint density at radius 2 is 2.00 bits per heavy atom. The van der Waals surface area contributed by atoms with Gasteiger partial charge in [0, 0.05) is 9.75 Å². The smallest absolute Gasteiger partial charge is 0.194 e. The van der Waals surface area contributed by atoms with Crippen LogP contribution >= 0.6 is 34.3 Å². The van der Waals surface area contributed by atoms with E-state index in [1.165, 1.54) is 17.4 Å². The van der Waals surface area contributed by atoms with Crippen molar-refractivity contribution in [2.45, 2.75) is 5.25 Å². The van der Waals surface area contributed by atoms with Crippen molar-refractivity contribution in [1.82, 2.24) is 0 Å². The van der Waals surface area contributed by atoms with Crippen LogP contribution in [-0.4, -0.2) is 8.42 Å². The monoisotopic (exact) mass is 296 g/mol. The summed E-state index contributed by atoms with van der Waals surface area (Å²) in [5.41, 5.74) is 0. The van der Waals surface area contributed by atoms with Gasteiger partial charge in [0.05, 0.1) is 4.34 Å². The molecule has 0 aliphatic heterocycles. The molecular weight excluding hydrogens is 291 g/mol. The molecule has 1 atom stereocenters. The molecule has 0 bridgehead atoms. The van der Waals surface area contributed by atoms with E-state index in [1.807, 2.05) is 0 Å². The van der Waals surface area contributed by atoms with Gasteiger partial charge in [0.2, 0.25) is 0 Å². The molecule has 7 heteroatoms. The zero-order valence-electron chi connectivity index (χ0n) is 7.76. The number of thiophene rings is 2. The average molecular weight is 297 g/mol. The maximum atomic E-state index is 13.3. The quantitative estimate of drug-likeness (QED) is 0.806. The molecule has 0 amide bonds. The minimum atomic E-state index is -4.67. The van der Waals surface area contributed by atoms with E-state index in [9.17, 15) is 12.3 Å². The van der Waals surface area contributed by atoms with Crippen molar-refractivity contribution in [3.05, 3.63) is 43.7 Å². The highest BCUT2D eigenvalue weighted by Gasteiger charge is 2.31. The van der Waals surface area contributed by atoms with Crippen LogP contribution in [0.25, 0.3) is 0 Å². The molecule has 0 aliphatic rings. The van der Waals surface area contributed by atoms with Crippen LogP contribution in [0.4, 0.5) is 3.89 Å². The highest BCUT2D eigenvalue weighted by Crippen LogP contribution is 2.38. The lowest BCUT2D eigenvalue weighted by Crippen LogP contribution is -2.06. The Morgan fingerprint density at radius 3 is 2.44 bits per heavy atom. The lowest BCUT2D eigenvalue weighted by Gasteiger charge is -2.07. The van der Waals surface area contributed by atoms with E-state index in [0.717, 1.165) is 11.3 Å².